The number of nitrogens with zero attached hydrogens (tertiary/aromatic N) is 1. The molecule has 0 aliphatic carbocycles. The van der Waals surface area contributed by atoms with E-state index in [0.717, 1.165) is 35.7 Å². The van der Waals surface area contributed by atoms with Gasteiger partial charge in [-0.05, 0) is 131 Å². The number of hydrogen-bond acceptors (Lipinski definition) is 8. The second-order valence-corrected chi connectivity index (χ2v) is 13.9. The number of halogens is 3. The van der Waals surface area contributed by atoms with Gasteiger partial charge in [-0.15, -0.1) is 0 Å². The number of rotatable bonds is 11. The minimum Gasteiger partial charge on any atom is -0.490 e. The largest absolute Gasteiger partial charge is 0.490 e. The molecule has 0 saturated heterocycles. The third-order valence-electron chi connectivity index (χ3n) is 8.05. The van der Waals surface area contributed by atoms with Gasteiger partial charge in [0.05, 0.1) is 6.10 Å². The van der Waals surface area contributed by atoms with E-state index >= 15 is 0 Å². The molecule has 0 saturated carbocycles. The molecule has 3 aromatic carbocycles. The van der Waals surface area contributed by atoms with Crippen LogP contribution in [0.15, 0.2) is 51.3 Å². The smallest absolute Gasteiger partial charge is 0.437 e. The van der Waals surface area contributed by atoms with Gasteiger partial charge in [-0.25, -0.2) is 0 Å². The summed E-state index contributed by atoms with van der Waals surface area (Å²) >= 11 is 0. The Bertz CT molecular complexity index is 1850. The van der Waals surface area contributed by atoms with Gasteiger partial charge < -0.3 is 8.92 Å². The molecule has 3 rings (SSSR count). The van der Waals surface area contributed by atoms with Crippen LogP contribution in [0.4, 0.5) is 13.2 Å². The summed E-state index contributed by atoms with van der Waals surface area (Å²) in [5.41, 5.74) is 1.19. The number of hydrogen-bond donors (Lipinski definition) is 0. The number of ether oxygens (including phenoxy) is 1. The molecule has 1 atom stereocenters. The van der Waals surface area contributed by atoms with E-state index in [0.29, 0.717) is 23.3 Å². The van der Waals surface area contributed by atoms with Crippen molar-refractivity contribution in [2.75, 3.05) is 0 Å². The molecule has 45 heavy (non-hydrogen) atoms. The molecular weight excluding hydrogens is 631 g/mol. The molecule has 0 amide bonds. The maximum absolute atomic E-state index is 14.1. The fourth-order valence-corrected chi connectivity index (χ4v) is 6.95. The standard InChI is InChI=1S/C32H38F3NO7S2/c1-10-18(3)41-27-14-13-26(20(5)21(27)6)31(32(33,34)35)36-43-45(39,40)30-17-15-28(22(7)24(30)9)42-44(37,38)29-16-12-25(11-2)19(4)23(29)8/h12-18H,10-11H2,1-9H3/b36-31-. The molecule has 246 valence electrons. The quantitative estimate of drug-likeness (QED) is 0.117. The van der Waals surface area contributed by atoms with Gasteiger partial charge in [0.1, 0.15) is 21.3 Å². The van der Waals surface area contributed by atoms with Gasteiger partial charge in [0.2, 0.25) is 0 Å². The monoisotopic (exact) mass is 669 g/mol. The van der Waals surface area contributed by atoms with E-state index in [1.54, 1.807) is 19.9 Å². The van der Waals surface area contributed by atoms with Crippen LogP contribution in [0.3, 0.4) is 0 Å². The van der Waals surface area contributed by atoms with Crippen LogP contribution in [0.5, 0.6) is 11.5 Å². The first-order chi connectivity index (χ1) is 20.8. The topological polar surface area (TPSA) is 108 Å². The Kier molecular flexibility index (Phi) is 10.7. The predicted molar refractivity (Wildman–Crippen MR) is 166 cm³/mol. The Morgan fingerprint density at radius 2 is 1.27 bits per heavy atom. The molecular formula is C32H38F3NO7S2. The predicted octanol–water partition coefficient (Wildman–Crippen LogP) is 7.72. The van der Waals surface area contributed by atoms with Crippen LogP contribution < -0.4 is 8.92 Å². The number of alkyl halides is 3. The maximum Gasteiger partial charge on any atom is 0.437 e. The summed E-state index contributed by atoms with van der Waals surface area (Å²) in [5.74, 6) is 0.257. The van der Waals surface area contributed by atoms with E-state index in [4.69, 9.17) is 8.92 Å². The van der Waals surface area contributed by atoms with Crippen LogP contribution in [-0.4, -0.2) is 34.8 Å². The molecule has 0 aromatic heterocycles. The van der Waals surface area contributed by atoms with Gasteiger partial charge in [0.15, 0.2) is 5.71 Å². The van der Waals surface area contributed by atoms with Crippen LogP contribution in [0, 0.1) is 41.5 Å². The Morgan fingerprint density at radius 3 is 1.84 bits per heavy atom. The van der Waals surface area contributed by atoms with Crippen molar-refractivity contribution in [1.82, 2.24) is 0 Å². The van der Waals surface area contributed by atoms with Gasteiger partial charge in [0.25, 0.3) is 0 Å². The lowest BCUT2D eigenvalue weighted by atomic mass is 9.98. The van der Waals surface area contributed by atoms with E-state index in [1.165, 1.54) is 32.9 Å². The van der Waals surface area contributed by atoms with Crippen LogP contribution in [-0.2, 0) is 30.9 Å². The van der Waals surface area contributed by atoms with Crippen molar-refractivity contribution >= 4 is 25.9 Å². The lowest BCUT2D eigenvalue weighted by Gasteiger charge is -2.19. The van der Waals surface area contributed by atoms with Crippen molar-refractivity contribution in [3.05, 3.63) is 80.9 Å². The summed E-state index contributed by atoms with van der Waals surface area (Å²) in [6.45, 7) is 15.0. The average molecular weight is 670 g/mol. The van der Waals surface area contributed by atoms with Crippen molar-refractivity contribution < 1.29 is 43.2 Å². The molecule has 3 aromatic rings. The summed E-state index contributed by atoms with van der Waals surface area (Å²) in [6, 6.07) is 7.80. The lowest BCUT2D eigenvalue weighted by molar-refractivity contribution is -0.0597. The van der Waals surface area contributed by atoms with E-state index in [9.17, 15) is 30.0 Å². The third-order valence-corrected chi connectivity index (χ3v) is 10.7. The minimum absolute atomic E-state index is 0.0132. The summed E-state index contributed by atoms with van der Waals surface area (Å²) in [5, 5.41) is 3.08. The fraction of sp³-hybridized carbons (Fsp3) is 0.406. The van der Waals surface area contributed by atoms with Gasteiger partial charge in [0, 0.05) is 5.56 Å². The van der Waals surface area contributed by atoms with Crippen molar-refractivity contribution in [2.24, 2.45) is 5.16 Å². The van der Waals surface area contributed by atoms with Crippen molar-refractivity contribution in [1.29, 1.82) is 0 Å². The van der Waals surface area contributed by atoms with Crippen molar-refractivity contribution in [2.45, 2.75) is 97.2 Å². The molecule has 1 unspecified atom stereocenters. The average Bonchev–Trinajstić information content (AvgIpc) is 2.95. The molecule has 0 radical (unpaired) electrons. The Balaban J connectivity index is 1.98. The first-order valence-electron chi connectivity index (χ1n) is 14.3. The van der Waals surface area contributed by atoms with E-state index in [1.807, 2.05) is 27.7 Å². The molecule has 0 aliphatic heterocycles. The van der Waals surface area contributed by atoms with Crippen LogP contribution in [0.2, 0.25) is 0 Å². The molecule has 8 nitrogen and oxygen atoms in total. The van der Waals surface area contributed by atoms with Crippen LogP contribution >= 0.6 is 0 Å². The molecule has 0 aliphatic rings. The second kappa shape index (κ2) is 13.4. The Hall–Kier alpha value is -3.58. The zero-order valence-corrected chi connectivity index (χ0v) is 28.3. The fourth-order valence-electron chi connectivity index (χ4n) is 4.66. The number of oxime groups is 1. The Morgan fingerprint density at radius 1 is 0.733 bits per heavy atom. The minimum atomic E-state index is -5.06. The van der Waals surface area contributed by atoms with Crippen LogP contribution in [0.1, 0.15) is 71.7 Å². The highest BCUT2D eigenvalue weighted by Crippen LogP contribution is 2.34. The first-order valence-corrected chi connectivity index (χ1v) is 17.1. The second-order valence-electron chi connectivity index (χ2n) is 10.8. The normalized spacial score (nSPS) is 13.5. The third kappa shape index (κ3) is 7.63. The Labute approximate surface area is 263 Å². The molecule has 0 fully saturated rings. The maximum atomic E-state index is 14.1. The van der Waals surface area contributed by atoms with Gasteiger partial charge >= 0.3 is 26.4 Å². The SMILES string of the molecule is CCc1ccc(S(=O)(=O)Oc2ccc(S(=O)(=O)O/N=C(/c3ccc(OC(C)CC)c(C)c3C)C(F)(F)F)c(C)c2C)c(C)c1C. The highest BCUT2D eigenvalue weighted by molar-refractivity contribution is 7.87. The van der Waals surface area contributed by atoms with Gasteiger partial charge in [-0.1, -0.05) is 25.1 Å². The molecule has 0 heterocycles. The molecule has 0 spiro atoms. The summed E-state index contributed by atoms with van der Waals surface area (Å²) in [4.78, 5) is -0.534. The highest BCUT2D eigenvalue weighted by atomic mass is 32.2. The molecule has 0 N–H and O–H groups in total. The van der Waals surface area contributed by atoms with Crippen molar-refractivity contribution in [3.8, 4) is 11.5 Å². The van der Waals surface area contributed by atoms with Crippen molar-refractivity contribution in [3.63, 3.8) is 0 Å². The van der Waals surface area contributed by atoms with E-state index in [-0.39, 0.29) is 39.0 Å². The van der Waals surface area contributed by atoms with E-state index < -0.39 is 37.0 Å². The summed E-state index contributed by atoms with van der Waals surface area (Å²) in [7, 11) is -9.18. The summed E-state index contributed by atoms with van der Waals surface area (Å²) < 4.78 is 111. The lowest BCUT2D eigenvalue weighted by Crippen LogP contribution is -2.26. The summed E-state index contributed by atoms with van der Waals surface area (Å²) in [6.07, 6.45) is -3.82. The number of aryl methyl sites for hydroxylation is 1. The van der Waals surface area contributed by atoms with Gasteiger partial charge in [-0.2, -0.15) is 30.0 Å². The van der Waals surface area contributed by atoms with Gasteiger partial charge in [-0.3, -0.25) is 4.28 Å². The molecule has 13 heteroatoms. The molecule has 0 bridgehead atoms. The zero-order valence-electron chi connectivity index (χ0n) is 26.7. The number of benzene rings is 3. The van der Waals surface area contributed by atoms with Crippen LogP contribution in [0.25, 0.3) is 0 Å². The first kappa shape index (κ1) is 35.9. The van der Waals surface area contributed by atoms with E-state index in [2.05, 4.69) is 9.44 Å². The highest BCUT2D eigenvalue weighted by Gasteiger charge is 2.40. The zero-order chi connectivity index (χ0) is 34.1.